The highest BCUT2D eigenvalue weighted by Crippen LogP contribution is 2.36. The van der Waals surface area contributed by atoms with Crippen LogP contribution < -0.4 is 5.43 Å². The molecule has 0 fully saturated rings. The number of nitro benzene ring substituents is 2. The molecule has 0 atom stereocenters. The second-order valence-corrected chi connectivity index (χ2v) is 6.79. The van der Waals surface area contributed by atoms with Gasteiger partial charge in [0.25, 0.3) is 5.69 Å². The van der Waals surface area contributed by atoms with Crippen LogP contribution in [-0.4, -0.2) is 26.4 Å². The quantitative estimate of drug-likeness (QED) is 0.462. The minimum atomic E-state index is -0.773. The van der Waals surface area contributed by atoms with Gasteiger partial charge in [0.2, 0.25) is 0 Å². The van der Waals surface area contributed by atoms with Gasteiger partial charge in [-0.1, -0.05) is 13.8 Å². The van der Waals surface area contributed by atoms with Gasteiger partial charge in [0.05, 0.1) is 27.2 Å². The van der Waals surface area contributed by atoms with Crippen LogP contribution >= 0.6 is 0 Å². The smallest absolute Gasteiger partial charge is 0.301 e. The Balaban J connectivity index is 2.33. The number of benzene rings is 1. The molecule has 0 unspecified atom stereocenters. The zero-order valence-electron chi connectivity index (χ0n) is 14.5. The lowest BCUT2D eigenvalue weighted by Gasteiger charge is -2.29. The Labute approximate surface area is 148 Å². The molecule has 0 saturated carbocycles. The van der Waals surface area contributed by atoms with E-state index < -0.39 is 21.2 Å². The molecule has 1 aromatic carbocycles. The Bertz CT molecular complexity index is 856. The van der Waals surface area contributed by atoms with Gasteiger partial charge >= 0.3 is 5.69 Å². The van der Waals surface area contributed by atoms with Crippen molar-refractivity contribution < 1.29 is 19.7 Å². The molecule has 0 aliphatic heterocycles. The van der Waals surface area contributed by atoms with Gasteiger partial charge in [0.1, 0.15) is 11.4 Å². The number of hydrogen-bond donors (Lipinski definition) is 2. The number of carbonyl (C=O) groups is 1. The van der Waals surface area contributed by atoms with Crippen LogP contribution in [0.25, 0.3) is 0 Å². The van der Waals surface area contributed by atoms with Crippen LogP contribution in [-0.2, 0) is 4.79 Å². The van der Waals surface area contributed by atoms with Crippen molar-refractivity contribution in [2.45, 2.75) is 33.6 Å². The largest absolute Gasteiger partial charge is 0.511 e. The van der Waals surface area contributed by atoms with E-state index in [4.69, 9.17) is 0 Å². The predicted molar refractivity (Wildman–Crippen MR) is 94.2 cm³/mol. The first kappa shape index (κ1) is 19.0. The summed E-state index contributed by atoms with van der Waals surface area (Å²) in [4.78, 5) is 32.6. The van der Waals surface area contributed by atoms with Crippen LogP contribution in [0.1, 0.15) is 33.6 Å². The molecule has 0 saturated heterocycles. The van der Waals surface area contributed by atoms with Crippen molar-refractivity contribution in [3.63, 3.8) is 0 Å². The number of nitrogens with one attached hydrogen (secondary N) is 1. The Kier molecular flexibility index (Phi) is 5.05. The number of aliphatic hydroxyl groups excluding tert-OH is 1. The van der Waals surface area contributed by atoms with E-state index in [1.54, 1.807) is 0 Å². The molecule has 2 rings (SSSR count). The molecule has 1 aliphatic carbocycles. The standard InChI is InChI=1S/C16H18N4O6/c1-9(15-13(21)7-16(2,3)8-14(15)22)17-18-11-5-4-10(19(23)24)6-12(11)20(25)26/h4-6,18,21H,7-8H2,1-3H3. The average molecular weight is 362 g/mol. The molecule has 0 spiro atoms. The highest BCUT2D eigenvalue weighted by atomic mass is 16.6. The lowest BCUT2D eigenvalue weighted by atomic mass is 9.76. The number of ketones is 1. The summed E-state index contributed by atoms with van der Waals surface area (Å²) in [7, 11) is 0. The van der Waals surface area contributed by atoms with Gasteiger partial charge in [-0.05, 0) is 18.4 Å². The minimum Gasteiger partial charge on any atom is -0.511 e. The van der Waals surface area contributed by atoms with Crippen LogP contribution in [0, 0.1) is 25.6 Å². The van der Waals surface area contributed by atoms with Crippen molar-refractivity contribution in [1.29, 1.82) is 0 Å². The van der Waals surface area contributed by atoms with E-state index in [-0.39, 0.29) is 40.4 Å². The molecular formula is C16H18N4O6. The summed E-state index contributed by atoms with van der Waals surface area (Å²) in [6.45, 7) is 5.22. The van der Waals surface area contributed by atoms with Crippen LogP contribution in [0.15, 0.2) is 34.6 Å². The van der Waals surface area contributed by atoms with E-state index in [1.165, 1.54) is 6.92 Å². The number of aliphatic hydroxyl groups is 1. The molecule has 138 valence electrons. The van der Waals surface area contributed by atoms with E-state index in [2.05, 4.69) is 10.5 Å². The van der Waals surface area contributed by atoms with E-state index in [0.29, 0.717) is 6.42 Å². The topological polar surface area (TPSA) is 148 Å². The number of nitro groups is 2. The van der Waals surface area contributed by atoms with Crippen molar-refractivity contribution in [3.05, 3.63) is 49.8 Å². The average Bonchev–Trinajstić information content (AvgIpc) is 2.50. The Morgan fingerprint density at radius 1 is 1.23 bits per heavy atom. The van der Waals surface area contributed by atoms with Gasteiger partial charge in [-0.25, -0.2) is 0 Å². The first-order chi connectivity index (χ1) is 12.0. The number of allylic oxidation sites excluding steroid dienone is 2. The number of carbonyl (C=O) groups excluding carboxylic acids is 1. The van der Waals surface area contributed by atoms with Crippen LogP contribution in [0.5, 0.6) is 0 Å². The lowest BCUT2D eigenvalue weighted by molar-refractivity contribution is -0.393. The van der Waals surface area contributed by atoms with Crippen molar-refractivity contribution in [2.24, 2.45) is 10.5 Å². The number of Topliss-reactive ketones (excluding diaryl/α,β-unsaturated/α-hetero) is 1. The summed E-state index contributed by atoms with van der Waals surface area (Å²) in [5, 5.41) is 35.9. The predicted octanol–water partition coefficient (Wildman–Crippen LogP) is 3.49. The summed E-state index contributed by atoms with van der Waals surface area (Å²) < 4.78 is 0. The number of hydrazone groups is 1. The molecule has 0 aromatic heterocycles. The molecule has 0 amide bonds. The van der Waals surface area contributed by atoms with E-state index in [0.717, 1.165) is 18.2 Å². The molecule has 0 bridgehead atoms. The summed E-state index contributed by atoms with van der Waals surface area (Å²) in [6.07, 6.45) is 0.565. The monoisotopic (exact) mass is 362 g/mol. The molecule has 0 heterocycles. The Morgan fingerprint density at radius 3 is 2.42 bits per heavy atom. The zero-order valence-corrected chi connectivity index (χ0v) is 14.5. The summed E-state index contributed by atoms with van der Waals surface area (Å²) in [5.74, 6) is -0.340. The van der Waals surface area contributed by atoms with Crippen LogP contribution in [0.2, 0.25) is 0 Å². The zero-order chi connectivity index (χ0) is 19.6. The maximum atomic E-state index is 12.3. The summed E-state index contributed by atoms with van der Waals surface area (Å²) in [6, 6.07) is 3.08. The molecule has 0 radical (unpaired) electrons. The molecule has 10 heteroatoms. The highest BCUT2D eigenvalue weighted by Gasteiger charge is 2.34. The Morgan fingerprint density at radius 2 is 1.88 bits per heavy atom. The summed E-state index contributed by atoms with van der Waals surface area (Å²) in [5.41, 5.74) is 1.34. The van der Waals surface area contributed by atoms with Crippen molar-refractivity contribution in [3.8, 4) is 0 Å². The van der Waals surface area contributed by atoms with Crippen LogP contribution in [0.3, 0.4) is 0 Å². The normalized spacial score (nSPS) is 17.2. The lowest BCUT2D eigenvalue weighted by Crippen LogP contribution is -2.28. The minimum absolute atomic E-state index is 0.0661. The third-order valence-corrected chi connectivity index (χ3v) is 3.95. The third kappa shape index (κ3) is 4.02. The van der Waals surface area contributed by atoms with E-state index in [1.807, 2.05) is 13.8 Å². The van der Waals surface area contributed by atoms with Gasteiger partial charge in [0, 0.05) is 18.9 Å². The molecule has 10 nitrogen and oxygen atoms in total. The fourth-order valence-electron chi connectivity index (χ4n) is 2.78. The van der Waals surface area contributed by atoms with Crippen molar-refractivity contribution in [1.82, 2.24) is 0 Å². The SMILES string of the molecule is CC(=NNc1ccc([N+](=O)[O-])cc1[N+](=O)[O-])C1=C(O)CC(C)(C)CC1=O. The van der Waals surface area contributed by atoms with Crippen molar-refractivity contribution >= 4 is 28.6 Å². The second kappa shape index (κ2) is 6.90. The molecular weight excluding hydrogens is 344 g/mol. The highest BCUT2D eigenvalue weighted by molar-refractivity contribution is 6.22. The Hall–Kier alpha value is -3.30. The third-order valence-electron chi connectivity index (χ3n) is 3.95. The molecule has 26 heavy (non-hydrogen) atoms. The first-order valence-electron chi connectivity index (χ1n) is 7.70. The first-order valence-corrected chi connectivity index (χ1v) is 7.70. The number of anilines is 1. The molecule has 1 aromatic rings. The van der Waals surface area contributed by atoms with Crippen LogP contribution in [0.4, 0.5) is 17.1 Å². The summed E-state index contributed by atoms with van der Waals surface area (Å²) >= 11 is 0. The maximum absolute atomic E-state index is 12.3. The fraction of sp³-hybridized carbons (Fsp3) is 0.375. The number of rotatable bonds is 5. The van der Waals surface area contributed by atoms with Gasteiger partial charge in [-0.3, -0.25) is 30.4 Å². The van der Waals surface area contributed by atoms with Gasteiger partial charge in [-0.2, -0.15) is 5.10 Å². The number of non-ortho nitro benzene ring substituents is 1. The van der Waals surface area contributed by atoms with Crippen molar-refractivity contribution in [2.75, 3.05) is 5.43 Å². The van der Waals surface area contributed by atoms with E-state index >= 15 is 0 Å². The molecule has 1 aliphatic rings. The van der Waals surface area contributed by atoms with Gasteiger partial charge in [-0.15, -0.1) is 0 Å². The van der Waals surface area contributed by atoms with E-state index in [9.17, 15) is 30.1 Å². The number of hydrogen-bond acceptors (Lipinski definition) is 8. The fourth-order valence-corrected chi connectivity index (χ4v) is 2.78. The maximum Gasteiger partial charge on any atom is 0.301 e. The van der Waals surface area contributed by atoms with Gasteiger partial charge in [0.15, 0.2) is 5.78 Å². The second-order valence-electron chi connectivity index (χ2n) is 6.79. The molecule has 2 N–H and O–H groups in total. The number of nitrogens with zero attached hydrogens (tertiary/aromatic N) is 3. The van der Waals surface area contributed by atoms with Gasteiger partial charge < -0.3 is 5.11 Å².